The Morgan fingerprint density at radius 2 is 1.90 bits per heavy atom. The summed E-state index contributed by atoms with van der Waals surface area (Å²) in [6.45, 7) is 2.04. The molecule has 0 radical (unpaired) electrons. The summed E-state index contributed by atoms with van der Waals surface area (Å²) in [5, 5.41) is 11.5. The van der Waals surface area contributed by atoms with Gasteiger partial charge in [0.25, 0.3) is 0 Å². The van der Waals surface area contributed by atoms with E-state index < -0.39 is 0 Å². The predicted molar refractivity (Wildman–Crippen MR) is 86.3 cm³/mol. The SMILES string of the molecule is Cc1ccccc1SCC(=O)Nc1ccc(CC#N)cc1. The molecule has 0 unspecified atom stereocenters. The van der Waals surface area contributed by atoms with E-state index in [-0.39, 0.29) is 5.91 Å². The van der Waals surface area contributed by atoms with E-state index in [0.29, 0.717) is 12.2 Å². The van der Waals surface area contributed by atoms with Crippen LogP contribution in [0.2, 0.25) is 0 Å². The van der Waals surface area contributed by atoms with Gasteiger partial charge in [-0.05, 0) is 36.2 Å². The lowest BCUT2D eigenvalue weighted by atomic mass is 10.1. The fraction of sp³-hybridized carbons (Fsp3) is 0.176. The number of nitrogens with zero attached hydrogens (tertiary/aromatic N) is 1. The Hall–Kier alpha value is -2.25. The zero-order valence-electron chi connectivity index (χ0n) is 11.8. The normalized spacial score (nSPS) is 9.90. The number of thioether (sulfide) groups is 1. The minimum Gasteiger partial charge on any atom is -0.325 e. The minimum atomic E-state index is -0.0312. The number of benzene rings is 2. The molecule has 0 spiro atoms. The maximum Gasteiger partial charge on any atom is 0.234 e. The van der Waals surface area contributed by atoms with Gasteiger partial charge in [-0.1, -0.05) is 30.3 Å². The summed E-state index contributed by atoms with van der Waals surface area (Å²) in [5.74, 6) is 0.349. The summed E-state index contributed by atoms with van der Waals surface area (Å²) in [5.41, 5.74) is 2.88. The van der Waals surface area contributed by atoms with Gasteiger partial charge in [-0.2, -0.15) is 5.26 Å². The van der Waals surface area contributed by atoms with Gasteiger partial charge in [0, 0.05) is 10.6 Å². The maximum atomic E-state index is 11.9. The summed E-state index contributed by atoms with van der Waals surface area (Å²) < 4.78 is 0. The number of nitriles is 1. The van der Waals surface area contributed by atoms with Crippen molar-refractivity contribution in [3.05, 3.63) is 59.7 Å². The number of nitrogens with one attached hydrogen (secondary N) is 1. The quantitative estimate of drug-likeness (QED) is 0.854. The molecule has 0 aliphatic heterocycles. The highest BCUT2D eigenvalue weighted by Crippen LogP contribution is 2.22. The van der Waals surface area contributed by atoms with Crippen LogP contribution in [0.25, 0.3) is 0 Å². The van der Waals surface area contributed by atoms with E-state index in [1.54, 1.807) is 0 Å². The van der Waals surface area contributed by atoms with E-state index >= 15 is 0 Å². The second kappa shape index (κ2) is 7.51. The molecule has 21 heavy (non-hydrogen) atoms. The first-order valence-electron chi connectivity index (χ1n) is 6.63. The van der Waals surface area contributed by atoms with Gasteiger partial charge in [-0.3, -0.25) is 4.79 Å². The van der Waals surface area contributed by atoms with E-state index in [1.165, 1.54) is 17.3 Å². The minimum absolute atomic E-state index is 0.0312. The highest BCUT2D eigenvalue weighted by Gasteiger charge is 2.05. The van der Waals surface area contributed by atoms with E-state index in [0.717, 1.165) is 16.1 Å². The average Bonchev–Trinajstić information content (AvgIpc) is 2.49. The van der Waals surface area contributed by atoms with Crippen molar-refractivity contribution in [1.82, 2.24) is 0 Å². The number of aryl methyl sites for hydroxylation is 1. The van der Waals surface area contributed by atoms with Gasteiger partial charge in [-0.15, -0.1) is 11.8 Å². The molecule has 0 heterocycles. The Kier molecular flexibility index (Phi) is 5.42. The fourth-order valence-electron chi connectivity index (χ4n) is 1.86. The summed E-state index contributed by atoms with van der Waals surface area (Å²) >= 11 is 1.53. The van der Waals surface area contributed by atoms with E-state index in [9.17, 15) is 4.79 Å². The summed E-state index contributed by atoms with van der Waals surface area (Å²) in [6, 6.07) is 17.5. The largest absolute Gasteiger partial charge is 0.325 e. The molecule has 0 aliphatic rings. The van der Waals surface area contributed by atoms with Gasteiger partial charge in [0.15, 0.2) is 0 Å². The number of hydrogen-bond donors (Lipinski definition) is 1. The number of rotatable bonds is 5. The zero-order valence-corrected chi connectivity index (χ0v) is 12.6. The fourth-order valence-corrected chi connectivity index (χ4v) is 2.69. The van der Waals surface area contributed by atoms with Crippen LogP contribution in [0, 0.1) is 18.3 Å². The number of amides is 1. The van der Waals surface area contributed by atoms with Gasteiger partial charge < -0.3 is 5.32 Å². The van der Waals surface area contributed by atoms with E-state index in [1.807, 2.05) is 55.5 Å². The van der Waals surface area contributed by atoms with E-state index in [2.05, 4.69) is 11.4 Å². The number of carbonyl (C=O) groups is 1. The molecule has 0 fully saturated rings. The zero-order chi connectivity index (χ0) is 15.1. The van der Waals surface area contributed by atoms with Crippen LogP contribution in [0.3, 0.4) is 0 Å². The van der Waals surface area contributed by atoms with Crippen molar-refractivity contribution in [3.63, 3.8) is 0 Å². The average molecular weight is 296 g/mol. The second-order valence-corrected chi connectivity index (χ2v) is 5.65. The lowest BCUT2D eigenvalue weighted by Gasteiger charge is -2.07. The Bertz CT molecular complexity index is 659. The van der Waals surface area contributed by atoms with Crippen molar-refractivity contribution < 1.29 is 4.79 Å². The molecule has 4 heteroatoms. The molecular weight excluding hydrogens is 280 g/mol. The lowest BCUT2D eigenvalue weighted by Crippen LogP contribution is -2.14. The number of anilines is 1. The Morgan fingerprint density at radius 3 is 2.57 bits per heavy atom. The van der Waals surface area contributed by atoms with Crippen molar-refractivity contribution in [2.45, 2.75) is 18.2 Å². The molecule has 106 valence electrons. The maximum absolute atomic E-state index is 11.9. The molecule has 1 N–H and O–H groups in total. The van der Waals surface area contributed by atoms with Crippen LogP contribution >= 0.6 is 11.8 Å². The molecule has 0 bridgehead atoms. The van der Waals surface area contributed by atoms with Crippen LogP contribution in [0.4, 0.5) is 5.69 Å². The summed E-state index contributed by atoms with van der Waals surface area (Å²) in [6.07, 6.45) is 0.386. The van der Waals surface area contributed by atoms with Crippen molar-refractivity contribution in [2.24, 2.45) is 0 Å². The Labute approximate surface area is 129 Å². The molecule has 3 nitrogen and oxygen atoms in total. The number of carbonyl (C=O) groups excluding carboxylic acids is 1. The lowest BCUT2D eigenvalue weighted by molar-refractivity contribution is -0.113. The smallest absolute Gasteiger partial charge is 0.234 e. The molecule has 1 amide bonds. The highest BCUT2D eigenvalue weighted by atomic mass is 32.2. The van der Waals surface area contributed by atoms with E-state index in [4.69, 9.17) is 5.26 Å². The molecule has 2 aromatic rings. The molecule has 0 atom stereocenters. The third kappa shape index (κ3) is 4.66. The highest BCUT2D eigenvalue weighted by molar-refractivity contribution is 8.00. The van der Waals surface area contributed by atoms with Crippen LogP contribution in [0.5, 0.6) is 0 Å². The van der Waals surface area contributed by atoms with Gasteiger partial charge in [0.2, 0.25) is 5.91 Å². The third-order valence-electron chi connectivity index (χ3n) is 2.97. The third-order valence-corrected chi connectivity index (χ3v) is 4.15. The first-order valence-corrected chi connectivity index (χ1v) is 7.62. The molecule has 0 aliphatic carbocycles. The van der Waals surface area contributed by atoms with Crippen LogP contribution in [-0.4, -0.2) is 11.7 Å². The molecule has 0 aromatic heterocycles. The van der Waals surface area contributed by atoms with Crippen LogP contribution < -0.4 is 5.32 Å². The standard InChI is InChI=1S/C17H16N2OS/c1-13-4-2-3-5-16(13)21-12-17(20)19-15-8-6-14(7-9-15)10-11-18/h2-9H,10,12H2,1H3,(H,19,20). The predicted octanol–water partition coefficient (Wildman–Crippen LogP) is 3.79. The Balaban J connectivity index is 1.87. The van der Waals surface area contributed by atoms with Crippen molar-refractivity contribution in [1.29, 1.82) is 5.26 Å². The molecule has 2 rings (SSSR count). The van der Waals surface area contributed by atoms with Crippen molar-refractivity contribution in [3.8, 4) is 6.07 Å². The van der Waals surface area contributed by atoms with Crippen LogP contribution in [0.1, 0.15) is 11.1 Å². The van der Waals surface area contributed by atoms with Crippen LogP contribution in [0.15, 0.2) is 53.4 Å². The molecule has 0 saturated carbocycles. The molecule has 0 saturated heterocycles. The van der Waals surface area contributed by atoms with Gasteiger partial charge in [-0.25, -0.2) is 0 Å². The second-order valence-electron chi connectivity index (χ2n) is 4.63. The monoisotopic (exact) mass is 296 g/mol. The topological polar surface area (TPSA) is 52.9 Å². The van der Waals surface area contributed by atoms with Crippen molar-refractivity contribution >= 4 is 23.4 Å². The number of hydrogen-bond acceptors (Lipinski definition) is 3. The summed E-state index contributed by atoms with van der Waals surface area (Å²) in [7, 11) is 0. The first-order chi connectivity index (χ1) is 10.2. The van der Waals surface area contributed by atoms with Crippen molar-refractivity contribution in [2.75, 3.05) is 11.1 Å². The van der Waals surface area contributed by atoms with Gasteiger partial charge >= 0.3 is 0 Å². The summed E-state index contributed by atoms with van der Waals surface area (Å²) in [4.78, 5) is 13.0. The van der Waals surface area contributed by atoms with Gasteiger partial charge in [0.05, 0.1) is 18.2 Å². The van der Waals surface area contributed by atoms with Gasteiger partial charge in [0.1, 0.15) is 0 Å². The molecule has 2 aromatic carbocycles. The first kappa shape index (κ1) is 15.1. The Morgan fingerprint density at radius 1 is 1.19 bits per heavy atom. The van der Waals surface area contributed by atoms with Crippen LogP contribution in [-0.2, 0) is 11.2 Å². The molecular formula is C17H16N2OS.